The third-order valence-electron chi connectivity index (χ3n) is 2.64. The number of nitrogens with one attached hydrogen (secondary N) is 1. The first-order chi connectivity index (χ1) is 7.58. The van der Waals surface area contributed by atoms with Crippen LogP contribution in [0, 0.1) is 5.82 Å². The molecule has 0 radical (unpaired) electrons. The fraction of sp³-hybridized carbons (Fsp3) is 0.273. The Kier molecular flexibility index (Phi) is 2.60. The monoisotopic (exact) mass is 222 g/mol. The van der Waals surface area contributed by atoms with E-state index in [1.807, 2.05) is 0 Å². The summed E-state index contributed by atoms with van der Waals surface area (Å²) in [5.41, 5.74) is 6.02. The Hall–Kier alpha value is -1.91. The fourth-order valence-electron chi connectivity index (χ4n) is 1.82. The zero-order chi connectivity index (χ0) is 11.7. The van der Waals surface area contributed by atoms with Crippen molar-refractivity contribution in [3.63, 3.8) is 0 Å². The number of hydrogen-bond acceptors (Lipinski definition) is 3. The first-order valence-electron chi connectivity index (χ1n) is 4.96. The first-order valence-corrected chi connectivity index (χ1v) is 4.96. The number of rotatable bonds is 1. The highest BCUT2D eigenvalue weighted by atomic mass is 19.1. The van der Waals surface area contributed by atoms with E-state index in [0.717, 1.165) is 0 Å². The van der Waals surface area contributed by atoms with Gasteiger partial charge in [0.2, 0.25) is 11.8 Å². The minimum Gasteiger partial charge on any atom is -0.399 e. The van der Waals surface area contributed by atoms with E-state index in [9.17, 15) is 14.0 Å². The molecule has 4 nitrogen and oxygen atoms in total. The second-order valence-corrected chi connectivity index (χ2v) is 3.78. The maximum atomic E-state index is 13.6. The molecule has 0 aromatic heterocycles. The summed E-state index contributed by atoms with van der Waals surface area (Å²) in [6.45, 7) is 0. The van der Waals surface area contributed by atoms with Gasteiger partial charge in [0.1, 0.15) is 5.82 Å². The molecule has 3 N–H and O–H groups in total. The lowest BCUT2D eigenvalue weighted by atomic mass is 9.90. The number of amides is 2. The van der Waals surface area contributed by atoms with Gasteiger partial charge in [0.05, 0.1) is 5.92 Å². The summed E-state index contributed by atoms with van der Waals surface area (Å²) in [6.07, 6.45) is 0.575. The molecule has 1 aliphatic heterocycles. The van der Waals surface area contributed by atoms with Crippen molar-refractivity contribution in [2.45, 2.75) is 18.8 Å². The number of nitrogens with two attached hydrogens (primary N) is 1. The van der Waals surface area contributed by atoms with Crippen LogP contribution in [0.15, 0.2) is 18.2 Å². The molecule has 5 heteroatoms. The van der Waals surface area contributed by atoms with Crippen molar-refractivity contribution in [3.8, 4) is 0 Å². The van der Waals surface area contributed by atoms with Gasteiger partial charge in [-0.15, -0.1) is 0 Å². The van der Waals surface area contributed by atoms with E-state index in [1.54, 1.807) is 6.07 Å². The van der Waals surface area contributed by atoms with Gasteiger partial charge in [-0.25, -0.2) is 4.39 Å². The molecule has 84 valence electrons. The summed E-state index contributed by atoms with van der Waals surface area (Å²) in [6, 6.07) is 4.21. The molecule has 1 aliphatic rings. The van der Waals surface area contributed by atoms with Gasteiger partial charge < -0.3 is 5.73 Å². The van der Waals surface area contributed by atoms with Crippen molar-refractivity contribution < 1.29 is 14.0 Å². The number of imide groups is 1. The van der Waals surface area contributed by atoms with E-state index in [-0.39, 0.29) is 12.3 Å². The van der Waals surface area contributed by atoms with Crippen LogP contribution in [0.3, 0.4) is 0 Å². The van der Waals surface area contributed by atoms with Crippen LogP contribution >= 0.6 is 0 Å². The van der Waals surface area contributed by atoms with E-state index in [2.05, 4.69) is 5.32 Å². The predicted octanol–water partition coefficient (Wildman–Crippen LogP) is 0.928. The Morgan fingerprint density at radius 1 is 1.38 bits per heavy atom. The van der Waals surface area contributed by atoms with Gasteiger partial charge >= 0.3 is 0 Å². The van der Waals surface area contributed by atoms with Crippen molar-refractivity contribution >= 4 is 17.5 Å². The van der Waals surface area contributed by atoms with Gasteiger partial charge in [-0.2, -0.15) is 0 Å². The largest absolute Gasteiger partial charge is 0.399 e. The highest BCUT2D eigenvalue weighted by Gasteiger charge is 2.29. The molecule has 0 aliphatic carbocycles. The Labute approximate surface area is 91.6 Å². The summed E-state index contributed by atoms with van der Waals surface area (Å²) in [4.78, 5) is 22.5. The van der Waals surface area contributed by atoms with Gasteiger partial charge in [-0.3, -0.25) is 14.9 Å². The quantitative estimate of drug-likeness (QED) is 0.548. The van der Waals surface area contributed by atoms with Crippen LogP contribution in [0.4, 0.5) is 10.1 Å². The summed E-state index contributed by atoms with van der Waals surface area (Å²) < 4.78 is 13.6. The SMILES string of the molecule is Nc1ccc(C2CCC(=O)NC2=O)c(F)c1. The summed E-state index contributed by atoms with van der Waals surface area (Å²) in [7, 11) is 0. The maximum absolute atomic E-state index is 13.6. The molecule has 1 atom stereocenters. The number of anilines is 1. The predicted molar refractivity (Wildman–Crippen MR) is 55.9 cm³/mol. The Balaban J connectivity index is 2.30. The molecule has 2 rings (SSSR count). The standard InChI is InChI=1S/C11H11FN2O2/c12-9-5-6(13)1-2-7(9)8-3-4-10(15)14-11(8)16/h1-2,5,8H,3-4,13H2,(H,14,15,16). The van der Waals surface area contributed by atoms with E-state index < -0.39 is 17.6 Å². The summed E-state index contributed by atoms with van der Waals surface area (Å²) >= 11 is 0. The molecular weight excluding hydrogens is 211 g/mol. The molecule has 1 fully saturated rings. The lowest BCUT2D eigenvalue weighted by Crippen LogP contribution is -2.39. The summed E-state index contributed by atoms with van der Waals surface area (Å²) in [5, 5.41) is 2.19. The van der Waals surface area contributed by atoms with Gasteiger partial charge in [0, 0.05) is 17.7 Å². The molecular formula is C11H11FN2O2. The van der Waals surface area contributed by atoms with Crippen molar-refractivity contribution in [1.29, 1.82) is 0 Å². The normalized spacial score (nSPS) is 20.7. The average Bonchev–Trinajstić information content (AvgIpc) is 2.19. The van der Waals surface area contributed by atoms with Crippen LogP contribution in [0.1, 0.15) is 24.3 Å². The number of halogens is 1. The number of benzene rings is 1. The molecule has 1 aromatic rings. The molecule has 0 saturated carbocycles. The molecule has 1 heterocycles. The van der Waals surface area contributed by atoms with Crippen LogP contribution in [-0.2, 0) is 9.59 Å². The van der Waals surface area contributed by atoms with Crippen LogP contribution in [0.25, 0.3) is 0 Å². The highest BCUT2D eigenvalue weighted by Crippen LogP contribution is 2.27. The molecule has 0 bridgehead atoms. The lowest BCUT2D eigenvalue weighted by Gasteiger charge is -2.21. The maximum Gasteiger partial charge on any atom is 0.234 e. The molecule has 0 spiro atoms. The average molecular weight is 222 g/mol. The zero-order valence-corrected chi connectivity index (χ0v) is 8.50. The minimum absolute atomic E-state index is 0.236. The fourth-order valence-corrected chi connectivity index (χ4v) is 1.82. The topological polar surface area (TPSA) is 72.2 Å². The van der Waals surface area contributed by atoms with Crippen LogP contribution < -0.4 is 11.1 Å². The number of piperidine rings is 1. The second-order valence-electron chi connectivity index (χ2n) is 3.78. The second kappa shape index (κ2) is 3.92. The van der Waals surface area contributed by atoms with Crippen molar-refractivity contribution in [2.24, 2.45) is 0 Å². The third-order valence-corrected chi connectivity index (χ3v) is 2.64. The van der Waals surface area contributed by atoms with Gasteiger partial charge in [0.15, 0.2) is 0 Å². The smallest absolute Gasteiger partial charge is 0.234 e. The molecule has 1 unspecified atom stereocenters. The van der Waals surface area contributed by atoms with Crippen LogP contribution in [0.5, 0.6) is 0 Å². The lowest BCUT2D eigenvalue weighted by molar-refractivity contribution is -0.134. The summed E-state index contributed by atoms with van der Waals surface area (Å²) in [5.74, 6) is -1.86. The van der Waals surface area contributed by atoms with Crippen molar-refractivity contribution in [3.05, 3.63) is 29.6 Å². The van der Waals surface area contributed by atoms with Crippen molar-refractivity contribution in [2.75, 3.05) is 5.73 Å². The number of hydrogen-bond donors (Lipinski definition) is 2. The number of nitrogen functional groups attached to an aromatic ring is 1. The first kappa shape index (κ1) is 10.6. The highest BCUT2D eigenvalue weighted by molar-refractivity contribution is 6.00. The van der Waals surface area contributed by atoms with E-state index in [0.29, 0.717) is 17.7 Å². The number of carbonyl (C=O) groups excluding carboxylic acids is 2. The molecule has 16 heavy (non-hydrogen) atoms. The van der Waals surface area contributed by atoms with E-state index in [4.69, 9.17) is 5.73 Å². The molecule has 1 aromatic carbocycles. The van der Waals surface area contributed by atoms with E-state index >= 15 is 0 Å². The van der Waals surface area contributed by atoms with E-state index in [1.165, 1.54) is 12.1 Å². The van der Waals surface area contributed by atoms with Crippen LogP contribution in [-0.4, -0.2) is 11.8 Å². The molecule has 1 saturated heterocycles. The Bertz CT molecular complexity index is 459. The van der Waals surface area contributed by atoms with Gasteiger partial charge in [-0.1, -0.05) is 6.07 Å². The van der Waals surface area contributed by atoms with Gasteiger partial charge in [-0.05, 0) is 18.6 Å². The Morgan fingerprint density at radius 2 is 2.12 bits per heavy atom. The number of carbonyl (C=O) groups is 2. The van der Waals surface area contributed by atoms with Crippen molar-refractivity contribution in [1.82, 2.24) is 5.32 Å². The minimum atomic E-state index is -0.599. The van der Waals surface area contributed by atoms with Crippen LogP contribution in [0.2, 0.25) is 0 Å². The third kappa shape index (κ3) is 1.88. The molecule has 2 amide bonds. The Morgan fingerprint density at radius 3 is 2.75 bits per heavy atom. The zero-order valence-electron chi connectivity index (χ0n) is 8.50. The van der Waals surface area contributed by atoms with Gasteiger partial charge in [0.25, 0.3) is 0 Å².